The van der Waals surface area contributed by atoms with Gasteiger partial charge in [-0.05, 0) is 13.8 Å². The summed E-state index contributed by atoms with van der Waals surface area (Å²) in [5, 5.41) is 2.71. The minimum Gasteiger partial charge on any atom is -0.465 e. The van der Waals surface area contributed by atoms with Crippen molar-refractivity contribution in [3.63, 3.8) is 0 Å². The van der Waals surface area contributed by atoms with Gasteiger partial charge in [-0.15, -0.1) is 6.58 Å². The Balaban J connectivity index is 4.01. The van der Waals surface area contributed by atoms with Gasteiger partial charge >= 0.3 is 5.97 Å². The summed E-state index contributed by atoms with van der Waals surface area (Å²) in [6, 6.07) is 0. The van der Waals surface area contributed by atoms with Gasteiger partial charge in [0.1, 0.15) is 0 Å². The lowest BCUT2D eigenvalue weighted by Crippen LogP contribution is -2.35. The fourth-order valence-electron chi connectivity index (χ4n) is 1.35. The Morgan fingerprint density at radius 2 is 2.12 bits per heavy atom. The summed E-state index contributed by atoms with van der Waals surface area (Å²) in [6.45, 7) is 9.55. The van der Waals surface area contributed by atoms with Crippen molar-refractivity contribution in [2.45, 2.75) is 20.3 Å². The molecule has 0 aliphatic heterocycles. The Morgan fingerprint density at radius 3 is 2.65 bits per heavy atom. The molecular weight excluding hydrogens is 220 g/mol. The quantitative estimate of drug-likeness (QED) is 0.474. The minimum absolute atomic E-state index is 0.00887. The highest BCUT2D eigenvalue weighted by Crippen LogP contribution is 1.94. The lowest BCUT2D eigenvalue weighted by Gasteiger charge is -2.18. The Kier molecular flexibility index (Phi) is 9.05. The fraction of sp³-hybridized carbons (Fsp3) is 0.667. The van der Waals surface area contributed by atoms with Gasteiger partial charge in [-0.25, -0.2) is 0 Å². The van der Waals surface area contributed by atoms with Gasteiger partial charge in [0.25, 0.3) is 0 Å². The van der Waals surface area contributed by atoms with E-state index in [1.165, 1.54) is 0 Å². The molecule has 0 aromatic carbocycles. The molecule has 0 heterocycles. The van der Waals surface area contributed by atoms with Gasteiger partial charge in [-0.3, -0.25) is 14.5 Å². The van der Waals surface area contributed by atoms with E-state index in [1.807, 2.05) is 11.8 Å². The maximum atomic E-state index is 11.3. The van der Waals surface area contributed by atoms with Gasteiger partial charge in [-0.2, -0.15) is 0 Å². The first-order chi connectivity index (χ1) is 8.13. The zero-order chi connectivity index (χ0) is 13.1. The SMILES string of the molecule is C=CCN(CCC(=O)NCC)CC(=O)OCC. The molecule has 17 heavy (non-hydrogen) atoms. The largest absolute Gasteiger partial charge is 0.465 e. The van der Waals surface area contributed by atoms with E-state index in [4.69, 9.17) is 4.74 Å². The van der Waals surface area contributed by atoms with E-state index in [1.54, 1.807) is 13.0 Å². The number of nitrogens with one attached hydrogen (secondary N) is 1. The number of carbonyl (C=O) groups excluding carboxylic acids is 2. The number of amides is 1. The van der Waals surface area contributed by atoms with Crippen molar-refractivity contribution in [2.24, 2.45) is 0 Å². The van der Waals surface area contributed by atoms with Crippen LogP contribution in [-0.2, 0) is 14.3 Å². The van der Waals surface area contributed by atoms with Crippen LogP contribution in [0.1, 0.15) is 20.3 Å². The van der Waals surface area contributed by atoms with Crippen molar-refractivity contribution in [2.75, 3.05) is 32.8 Å². The molecular formula is C12H22N2O3. The van der Waals surface area contributed by atoms with Crippen LogP contribution in [0, 0.1) is 0 Å². The molecule has 1 N–H and O–H groups in total. The average molecular weight is 242 g/mol. The van der Waals surface area contributed by atoms with Crippen molar-refractivity contribution in [1.82, 2.24) is 10.2 Å². The zero-order valence-electron chi connectivity index (χ0n) is 10.7. The maximum absolute atomic E-state index is 11.3. The average Bonchev–Trinajstić information content (AvgIpc) is 2.27. The molecule has 0 aromatic heterocycles. The third kappa shape index (κ3) is 8.45. The van der Waals surface area contributed by atoms with Crippen LogP contribution in [0.3, 0.4) is 0 Å². The number of nitrogens with zero attached hydrogens (tertiary/aromatic N) is 1. The summed E-state index contributed by atoms with van der Waals surface area (Å²) >= 11 is 0. The second-order valence-corrected chi connectivity index (χ2v) is 3.53. The first-order valence-corrected chi connectivity index (χ1v) is 5.89. The van der Waals surface area contributed by atoms with Gasteiger partial charge in [0, 0.05) is 26.1 Å². The van der Waals surface area contributed by atoms with Crippen LogP contribution in [0.5, 0.6) is 0 Å². The minimum atomic E-state index is -0.273. The topological polar surface area (TPSA) is 58.6 Å². The summed E-state index contributed by atoms with van der Waals surface area (Å²) in [6.07, 6.45) is 2.08. The zero-order valence-corrected chi connectivity index (χ0v) is 10.7. The van der Waals surface area contributed by atoms with E-state index < -0.39 is 0 Å². The molecule has 0 spiro atoms. The second kappa shape index (κ2) is 9.84. The molecule has 5 heteroatoms. The van der Waals surface area contributed by atoms with E-state index in [0.717, 1.165) is 0 Å². The Bertz CT molecular complexity index is 254. The third-order valence-corrected chi connectivity index (χ3v) is 2.07. The van der Waals surface area contributed by atoms with Gasteiger partial charge in [0.2, 0.25) is 5.91 Å². The molecule has 0 saturated heterocycles. The Labute approximate surface area is 103 Å². The molecule has 0 atom stereocenters. The predicted octanol–water partition coefficient (Wildman–Crippen LogP) is 0.564. The molecule has 0 aromatic rings. The van der Waals surface area contributed by atoms with Crippen molar-refractivity contribution in [3.05, 3.63) is 12.7 Å². The van der Waals surface area contributed by atoms with Gasteiger partial charge in [0.15, 0.2) is 0 Å². The predicted molar refractivity (Wildman–Crippen MR) is 66.6 cm³/mol. The summed E-state index contributed by atoms with van der Waals surface area (Å²) in [5.41, 5.74) is 0. The Hall–Kier alpha value is -1.36. The molecule has 0 aliphatic carbocycles. The second-order valence-electron chi connectivity index (χ2n) is 3.53. The maximum Gasteiger partial charge on any atom is 0.320 e. The van der Waals surface area contributed by atoms with E-state index in [0.29, 0.717) is 32.7 Å². The molecule has 0 bridgehead atoms. The molecule has 98 valence electrons. The van der Waals surface area contributed by atoms with E-state index >= 15 is 0 Å². The molecule has 0 radical (unpaired) electrons. The Morgan fingerprint density at radius 1 is 1.41 bits per heavy atom. The van der Waals surface area contributed by atoms with Crippen molar-refractivity contribution < 1.29 is 14.3 Å². The number of esters is 1. The highest BCUT2D eigenvalue weighted by atomic mass is 16.5. The molecule has 0 saturated carbocycles. The molecule has 0 unspecified atom stereocenters. The van der Waals surface area contributed by atoms with Crippen LogP contribution >= 0.6 is 0 Å². The van der Waals surface area contributed by atoms with Crippen LogP contribution in [0.4, 0.5) is 0 Å². The molecule has 1 amide bonds. The summed E-state index contributed by atoms with van der Waals surface area (Å²) in [5.74, 6) is -0.282. The van der Waals surface area contributed by atoms with E-state index in [-0.39, 0.29) is 18.4 Å². The number of hydrogen-bond donors (Lipinski definition) is 1. The first kappa shape index (κ1) is 15.6. The van der Waals surface area contributed by atoms with Gasteiger partial charge < -0.3 is 10.1 Å². The molecule has 0 fully saturated rings. The van der Waals surface area contributed by atoms with Crippen LogP contribution < -0.4 is 5.32 Å². The lowest BCUT2D eigenvalue weighted by atomic mass is 10.3. The van der Waals surface area contributed by atoms with Gasteiger partial charge in [0.05, 0.1) is 13.2 Å². The van der Waals surface area contributed by atoms with Crippen LogP contribution in [0.2, 0.25) is 0 Å². The van der Waals surface area contributed by atoms with Crippen molar-refractivity contribution in [3.8, 4) is 0 Å². The highest BCUT2D eigenvalue weighted by Gasteiger charge is 2.11. The van der Waals surface area contributed by atoms with E-state index in [9.17, 15) is 9.59 Å². The molecule has 0 aliphatic rings. The number of hydrogen-bond acceptors (Lipinski definition) is 4. The van der Waals surface area contributed by atoms with Crippen molar-refractivity contribution in [1.29, 1.82) is 0 Å². The summed E-state index contributed by atoms with van der Waals surface area (Å²) < 4.78 is 4.86. The van der Waals surface area contributed by atoms with Crippen LogP contribution in [0.25, 0.3) is 0 Å². The fourth-order valence-corrected chi connectivity index (χ4v) is 1.35. The smallest absolute Gasteiger partial charge is 0.320 e. The summed E-state index contributed by atoms with van der Waals surface area (Å²) in [7, 11) is 0. The monoisotopic (exact) mass is 242 g/mol. The van der Waals surface area contributed by atoms with Crippen LogP contribution in [-0.4, -0.2) is 49.6 Å². The lowest BCUT2D eigenvalue weighted by molar-refractivity contribution is -0.144. The first-order valence-electron chi connectivity index (χ1n) is 5.89. The summed E-state index contributed by atoms with van der Waals surface area (Å²) in [4.78, 5) is 24.4. The standard InChI is InChI=1S/C12H22N2O3/c1-4-8-14(10-12(16)17-6-3)9-7-11(15)13-5-2/h4H,1,5-10H2,2-3H3,(H,13,15). The molecule has 5 nitrogen and oxygen atoms in total. The number of carbonyl (C=O) groups is 2. The normalized spacial score (nSPS) is 10.1. The van der Waals surface area contributed by atoms with Gasteiger partial charge in [-0.1, -0.05) is 6.08 Å². The van der Waals surface area contributed by atoms with E-state index in [2.05, 4.69) is 11.9 Å². The third-order valence-electron chi connectivity index (χ3n) is 2.07. The van der Waals surface area contributed by atoms with Crippen LogP contribution in [0.15, 0.2) is 12.7 Å². The number of ether oxygens (including phenoxy) is 1. The molecule has 0 rings (SSSR count). The van der Waals surface area contributed by atoms with Crippen molar-refractivity contribution >= 4 is 11.9 Å². The highest BCUT2D eigenvalue weighted by molar-refractivity contribution is 5.76. The number of rotatable bonds is 9.